The quantitative estimate of drug-likeness (QED) is 0.871. The summed E-state index contributed by atoms with van der Waals surface area (Å²) in [4.78, 5) is 12.1. The van der Waals surface area contributed by atoms with Gasteiger partial charge >= 0.3 is 0 Å². The van der Waals surface area contributed by atoms with Gasteiger partial charge in [0, 0.05) is 11.1 Å². The summed E-state index contributed by atoms with van der Waals surface area (Å²) < 4.78 is 0. The first kappa shape index (κ1) is 16.3. The lowest BCUT2D eigenvalue weighted by atomic mass is 9.86. The monoisotopic (exact) mass is 308 g/mol. The summed E-state index contributed by atoms with van der Waals surface area (Å²) in [6, 6.07) is 8.03. The van der Waals surface area contributed by atoms with Crippen molar-refractivity contribution in [3.05, 3.63) is 34.9 Å². The highest BCUT2D eigenvalue weighted by molar-refractivity contribution is 6.31. The van der Waals surface area contributed by atoms with Crippen molar-refractivity contribution in [2.75, 3.05) is 6.54 Å². The van der Waals surface area contributed by atoms with E-state index in [2.05, 4.69) is 17.6 Å². The maximum atomic E-state index is 12.1. The molecular weight excluding hydrogens is 284 g/mol. The predicted octanol–water partition coefficient (Wildman–Crippen LogP) is 3.69. The zero-order valence-corrected chi connectivity index (χ0v) is 13.6. The van der Waals surface area contributed by atoms with Crippen LogP contribution in [0.25, 0.3) is 0 Å². The van der Waals surface area contributed by atoms with E-state index >= 15 is 0 Å². The Balaban J connectivity index is 1.80. The summed E-state index contributed by atoms with van der Waals surface area (Å²) >= 11 is 6.15. The number of halogens is 1. The van der Waals surface area contributed by atoms with Crippen LogP contribution in [0.15, 0.2) is 24.3 Å². The minimum atomic E-state index is -0.0724. The van der Waals surface area contributed by atoms with Gasteiger partial charge in [-0.15, -0.1) is 0 Å². The van der Waals surface area contributed by atoms with Gasteiger partial charge in [-0.3, -0.25) is 4.79 Å². The van der Waals surface area contributed by atoms with Gasteiger partial charge < -0.3 is 10.6 Å². The maximum absolute atomic E-state index is 12.1. The molecule has 3 nitrogen and oxygen atoms in total. The average Bonchev–Trinajstić information content (AvgIpc) is 2.46. The van der Waals surface area contributed by atoms with Crippen molar-refractivity contribution >= 4 is 17.5 Å². The van der Waals surface area contributed by atoms with Gasteiger partial charge in [0.25, 0.3) is 0 Å². The maximum Gasteiger partial charge on any atom is 0.234 e. The molecule has 2 N–H and O–H groups in total. The zero-order chi connectivity index (χ0) is 15.2. The van der Waals surface area contributed by atoms with E-state index in [4.69, 9.17) is 11.6 Å². The second kappa shape index (κ2) is 7.81. The van der Waals surface area contributed by atoms with E-state index in [1.165, 1.54) is 25.7 Å². The summed E-state index contributed by atoms with van der Waals surface area (Å²) in [5.74, 6) is 0.688. The summed E-state index contributed by atoms with van der Waals surface area (Å²) in [5, 5.41) is 7.10. The molecule has 1 aliphatic rings. The fraction of sp³-hybridized carbons (Fsp3) is 0.588. The van der Waals surface area contributed by atoms with Crippen molar-refractivity contribution in [1.82, 2.24) is 10.6 Å². The van der Waals surface area contributed by atoms with Crippen molar-refractivity contribution in [3.63, 3.8) is 0 Å². The largest absolute Gasteiger partial charge is 0.348 e. The van der Waals surface area contributed by atoms with E-state index in [0.717, 1.165) is 5.56 Å². The molecular formula is C17H25ClN2O. The lowest BCUT2D eigenvalue weighted by Gasteiger charge is -2.29. The number of carbonyl (C=O) groups excluding carboxylic acids is 1. The van der Waals surface area contributed by atoms with Crippen LogP contribution in [0.4, 0.5) is 0 Å². The molecule has 116 valence electrons. The molecule has 1 fully saturated rings. The van der Waals surface area contributed by atoms with Gasteiger partial charge in [-0.05, 0) is 37.3 Å². The number of rotatable bonds is 5. The highest BCUT2D eigenvalue weighted by Crippen LogP contribution is 2.24. The molecule has 4 heteroatoms. The summed E-state index contributed by atoms with van der Waals surface area (Å²) in [6.45, 7) is 4.60. The van der Waals surface area contributed by atoms with Crippen molar-refractivity contribution in [3.8, 4) is 0 Å². The van der Waals surface area contributed by atoms with E-state index in [1.807, 2.05) is 31.2 Å². The smallest absolute Gasteiger partial charge is 0.234 e. The number of nitrogens with one attached hydrogen (secondary N) is 2. The molecule has 0 heterocycles. The molecule has 21 heavy (non-hydrogen) atoms. The Hall–Kier alpha value is -1.06. The van der Waals surface area contributed by atoms with Gasteiger partial charge in [0.1, 0.15) is 0 Å². The molecule has 1 aromatic carbocycles. The molecule has 0 radical (unpaired) electrons. The van der Waals surface area contributed by atoms with Crippen LogP contribution in [0.2, 0.25) is 5.02 Å². The molecule has 1 amide bonds. The lowest BCUT2D eigenvalue weighted by Crippen LogP contribution is -2.43. The fourth-order valence-electron chi connectivity index (χ4n) is 3.04. The van der Waals surface area contributed by atoms with E-state index in [1.54, 1.807) is 0 Å². The van der Waals surface area contributed by atoms with E-state index in [9.17, 15) is 4.79 Å². The molecule has 2 rings (SSSR count). The van der Waals surface area contributed by atoms with Crippen LogP contribution in [-0.2, 0) is 4.79 Å². The summed E-state index contributed by atoms with van der Waals surface area (Å²) in [7, 11) is 0. The Morgan fingerprint density at radius 1 is 1.33 bits per heavy atom. The molecule has 0 spiro atoms. The number of amides is 1. The van der Waals surface area contributed by atoms with Gasteiger partial charge in [-0.1, -0.05) is 49.6 Å². The van der Waals surface area contributed by atoms with Gasteiger partial charge in [-0.2, -0.15) is 0 Å². The van der Waals surface area contributed by atoms with Crippen LogP contribution in [-0.4, -0.2) is 18.5 Å². The normalized spacial score (nSPS) is 23.6. The van der Waals surface area contributed by atoms with Crippen molar-refractivity contribution in [1.29, 1.82) is 0 Å². The second-order valence-corrected chi connectivity index (χ2v) is 6.47. The van der Waals surface area contributed by atoms with Gasteiger partial charge in [0.05, 0.1) is 12.6 Å². The molecule has 3 unspecified atom stereocenters. The summed E-state index contributed by atoms with van der Waals surface area (Å²) in [5.41, 5.74) is 0.957. The SMILES string of the molecule is CC(NC(=O)CNC1CCCCC1C)c1ccccc1Cl. The van der Waals surface area contributed by atoms with Gasteiger partial charge in [0.15, 0.2) is 0 Å². The van der Waals surface area contributed by atoms with Crippen molar-refractivity contribution in [2.45, 2.75) is 51.6 Å². The first-order chi connectivity index (χ1) is 10.1. The lowest BCUT2D eigenvalue weighted by molar-refractivity contribution is -0.121. The van der Waals surface area contributed by atoms with Crippen LogP contribution < -0.4 is 10.6 Å². The van der Waals surface area contributed by atoms with Crippen LogP contribution in [0.1, 0.15) is 51.1 Å². The second-order valence-electron chi connectivity index (χ2n) is 6.06. The highest BCUT2D eigenvalue weighted by atomic mass is 35.5. The minimum Gasteiger partial charge on any atom is -0.348 e. The molecule has 1 saturated carbocycles. The number of hydrogen-bond acceptors (Lipinski definition) is 2. The number of carbonyl (C=O) groups is 1. The van der Waals surface area contributed by atoms with Gasteiger partial charge in [0.2, 0.25) is 5.91 Å². The van der Waals surface area contributed by atoms with Gasteiger partial charge in [-0.25, -0.2) is 0 Å². The number of hydrogen-bond donors (Lipinski definition) is 2. The molecule has 0 aromatic heterocycles. The third kappa shape index (κ3) is 4.72. The average molecular weight is 309 g/mol. The molecule has 0 bridgehead atoms. The predicted molar refractivity (Wildman–Crippen MR) is 87.4 cm³/mol. The molecule has 0 aliphatic heterocycles. The Bertz CT molecular complexity index is 478. The Labute approximate surface area is 132 Å². The number of benzene rings is 1. The Kier molecular flexibility index (Phi) is 6.07. The third-order valence-corrected chi connectivity index (χ3v) is 4.73. The fourth-order valence-corrected chi connectivity index (χ4v) is 3.34. The highest BCUT2D eigenvalue weighted by Gasteiger charge is 2.21. The van der Waals surface area contributed by atoms with Crippen LogP contribution in [0.5, 0.6) is 0 Å². The molecule has 3 atom stereocenters. The third-order valence-electron chi connectivity index (χ3n) is 4.39. The van der Waals surface area contributed by atoms with Crippen molar-refractivity contribution in [2.24, 2.45) is 5.92 Å². The first-order valence-electron chi connectivity index (χ1n) is 7.85. The van der Waals surface area contributed by atoms with Crippen molar-refractivity contribution < 1.29 is 4.79 Å². The van der Waals surface area contributed by atoms with E-state index in [0.29, 0.717) is 23.5 Å². The van der Waals surface area contributed by atoms with Crippen LogP contribution >= 0.6 is 11.6 Å². The van der Waals surface area contributed by atoms with Crippen LogP contribution in [0, 0.1) is 5.92 Å². The van der Waals surface area contributed by atoms with E-state index < -0.39 is 0 Å². The van der Waals surface area contributed by atoms with E-state index in [-0.39, 0.29) is 11.9 Å². The Morgan fingerprint density at radius 3 is 2.76 bits per heavy atom. The summed E-state index contributed by atoms with van der Waals surface area (Å²) in [6.07, 6.45) is 5.01. The molecule has 1 aromatic rings. The molecule has 0 saturated heterocycles. The first-order valence-corrected chi connectivity index (χ1v) is 8.23. The molecule has 1 aliphatic carbocycles. The Morgan fingerprint density at radius 2 is 2.05 bits per heavy atom. The topological polar surface area (TPSA) is 41.1 Å². The van der Waals surface area contributed by atoms with Crippen LogP contribution in [0.3, 0.4) is 0 Å². The zero-order valence-electron chi connectivity index (χ0n) is 12.9. The standard InChI is InChI=1S/C17H25ClN2O/c1-12-7-3-6-10-16(12)19-11-17(21)20-13(2)14-8-4-5-9-15(14)18/h4-5,8-9,12-13,16,19H,3,6-7,10-11H2,1-2H3,(H,20,21). The minimum absolute atomic E-state index is 0.0280.